The van der Waals surface area contributed by atoms with Crippen molar-refractivity contribution in [1.29, 1.82) is 0 Å². The number of nitro groups is 1. The van der Waals surface area contributed by atoms with E-state index in [1.54, 1.807) is 24.3 Å². The Morgan fingerprint density at radius 2 is 1.48 bits per heavy atom. The Labute approximate surface area is 178 Å². The summed E-state index contributed by atoms with van der Waals surface area (Å²) in [7, 11) is 0. The van der Waals surface area contributed by atoms with Crippen LogP contribution in [0.5, 0.6) is 0 Å². The van der Waals surface area contributed by atoms with Crippen molar-refractivity contribution in [3.63, 3.8) is 0 Å². The second kappa shape index (κ2) is 8.23. The number of rotatable bonds is 5. The highest BCUT2D eigenvalue weighted by Gasteiger charge is 2.46. The van der Waals surface area contributed by atoms with E-state index in [0.717, 1.165) is 5.56 Å². The van der Waals surface area contributed by atoms with Crippen LogP contribution in [0.1, 0.15) is 22.7 Å². The third-order valence-corrected chi connectivity index (χ3v) is 5.20. The number of ketones is 1. The molecular weight excluding hydrogens is 396 g/mol. The largest absolute Gasteiger partial charge is 0.507 e. The molecule has 1 aliphatic heterocycles. The van der Waals surface area contributed by atoms with Gasteiger partial charge in [0.25, 0.3) is 17.4 Å². The van der Waals surface area contributed by atoms with Crippen molar-refractivity contribution in [3.05, 3.63) is 117 Å². The lowest BCUT2D eigenvalue weighted by Gasteiger charge is -2.25. The summed E-state index contributed by atoms with van der Waals surface area (Å²) in [5.74, 6) is -1.86. The van der Waals surface area contributed by atoms with Gasteiger partial charge in [-0.15, -0.1) is 0 Å². The first-order chi connectivity index (χ1) is 15.0. The molecule has 4 rings (SSSR count). The van der Waals surface area contributed by atoms with Crippen LogP contribution in [0.25, 0.3) is 5.76 Å². The Hall–Kier alpha value is -4.26. The molecule has 1 aliphatic rings. The molecule has 3 aromatic rings. The van der Waals surface area contributed by atoms with Crippen LogP contribution in [0.4, 0.5) is 5.69 Å². The number of aliphatic hydroxyl groups is 1. The normalized spacial score (nSPS) is 17.7. The lowest BCUT2D eigenvalue weighted by molar-refractivity contribution is -0.384. The van der Waals surface area contributed by atoms with Crippen molar-refractivity contribution in [2.24, 2.45) is 0 Å². The molecule has 1 saturated heterocycles. The molecule has 0 radical (unpaired) electrons. The topological polar surface area (TPSA) is 101 Å². The van der Waals surface area contributed by atoms with E-state index < -0.39 is 22.7 Å². The van der Waals surface area contributed by atoms with Gasteiger partial charge in [0.15, 0.2) is 0 Å². The van der Waals surface area contributed by atoms with Gasteiger partial charge in [-0.25, -0.2) is 0 Å². The minimum absolute atomic E-state index is 0.0408. The molecule has 1 unspecified atom stereocenters. The van der Waals surface area contributed by atoms with Gasteiger partial charge in [-0.05, 0) is 23.3 Å². The van der Waals surface area contributed by atoms with E-state index in [4.69, 9.17) is 0 Å². The van der Waals surface area contributed by atoms with E-state index in [2.05, 4.69) is 0 Å². The molecule has 0 bridgehead atoms. The number of carbonyl (C=O) groups is 2. The Morgan fingerprint density at radius 3 is 2.06 bits per heavy atom. The molecule has 7 heteroatoms. The highest BCUT2D eigenvalue weighted by Crippen LogP contribution is 2.40. The fraction of sp³-hybridized carbons (Fsp3) is 0.0833. The maximum absolute atomic E-state index is 13.0. The molecule has 0 aromatic heterocycles. The predicted molar refractivity (Wildman–Crippen MR) is 114 cm³/mol. The highest BCUT2D eigenvalue weighted by atomic mass is 16.6. The Kier molecular flexibility index (Phi) is 5.32. The van der Waals surface area contributed by atoms with Crippen LogP contribution < -0.4 is 0 Å². The fourth-order valence-electron chi connectivity index (χ4n) is 3.70. The maximum Gasteiger partial charge on any atom is 0.295 e. The van der Waals surface area contributed by atoms with E-state index in [1.807, 2.05) is 36.4 Å². The number of amides is 1. The minimum Gasteiger partial charge on any atom is -0.507 e. The molecule has 1 N–H and O–H groups in total. The second-order valence-corrected chi connectivity index (χ2v) is 7.13. The van der Waals surface area contributed by atoms with Crippen molar-refractivity contribution < 1.29 is 19.6 Å². The molecule has 1 amide bonds. The molecule has 0 aliphatic carbocycles. The lowest BCUT2D eigenvalue weighted by Crippen LogP contribution is -2.29. The third kappa shape index (κ3) is 3.81. The Balaban J connectivity index is 1.83. The minimum atomic E-state index is -0.791. The number of hydrogen-bond acceptors (Lipinski definition) is 5. The first-order valence-corrected chi connectivity index (χ1v) is 9.59. The number of aliphatic hydroxyl groups excluding tert-OH is 1. The lowest BCUT2D eigenvalue weighted by atomic mass is 9.95. The quantitative estimate of drug-likeness (QED) is 0.222. The number of hydrogen-bond donors (Lipinski definition) is 1. The summed E-state index contributed by atoms with van der Waals surface area (Å²) in [5, 5.41) is 21.9. The second-order valence-electron chi connectivity index (χ2n) is 7.13. The van der Waals surface area contributed by atoms with Crippen LogP contribution in [0.15, 0.2) is 90.5 Å². The summed E-state index contributed by atoms with van der Waals surface area (Å²) in [6.07, 6.45) is 0. The molecule has 3 aromatic carbocycles. The van der Waals surface area contributed by atoms with Crippen molar-refractivity contribution in [3.8, 4) is 0 Å². The fourth-order valence-corrected chi connectivity index (χ4v) is 3.70. The zero-order valence-electron chi connectivity index (χ0n) is 16.3. The first-order valence-electron chi connectivity index (χ1n) is 9.59. The van der Waals surface area contributed by atoms with Gasteiger partial charge in [0.05, 0.1) is 16.5 Å². The average molecular weight is 414 g/mol. The van der Waals surface area contributed by atoms with Crippen LogP contribution in [0, 0.1) is 10.1 Å². The SMILES string of the molecule is O=C1C(=O)N(Cc2ccccc2)C(c2ccccc2)C1=C(O)c1ccc([N+](=O)[O-])cc1. The summed E-state index contributed by atoms with van der Waals surface area (Å²) < 4.78 is 0. The van der Waals surface area contributed by atoms with Gasteiger partial charge in [0.1, 0.15) is 5.76 Å². The molecule has 1 atom stereocenters. The molecule has 1 fully saturated rings. The molecular formula is C24H18N2O5. The Bertz CT molecular complexity index is 1170. The summed E-state index contributed by atoms with van der Waals surface area (Å²) in [4.78, 5) is 37.7. The van der Waals surface area contributed by atoms with E-state index >= 15 is 0 Å². The smallest absolute Gasteiger partial charge is 0.295 e. The molecule has 1 heterocycles. The van der Waals surface area contributed by atoms with Crippen molar-refractivity contribution in [1.82, 2.24) is 4.90 Å². The molecule has 7 nitrogen and oxygen atoms in total. The molecule has 0 saturated carbocycles. The van der Waals surface area contributed by atoms with E-state index in [0.29, 0.717) is 5.56 Å². The molecule has 0 spiro atoms. The van der Waals surface area contributed by atoms with Crippen LogP contribution in [0.2, 0.25) is 0 Å². The van der Waals surface area contributed by atoms with Crippen LogP contribution in [-0.2, 0) is 16.1 Å². The monoisotopic (exact) mass is 414 g/mol. The third-order valence-electron chi connectivity index (χ3n) is 5.20. The number of Topliss-reactive ketones (excluding diaryl/α,β-unsaturated/α-hetero) is 1. The van der Waals surface area contributed by atoms with Gasteiger partial charge in [0.2, 0.25) is 0 Å². The van der Waals surface area contributed by atoms with E-state index in [9.17, 15) is 24.8 Å². The van der Waals surface area contributed by atoms with Gasteiger partial charge in [0, 0.05) is 24.2 Å². The van der Waals surface area contributed by atoms with Gasteiger partial charge < -0.3 is 10.0 Å². The predicted octanol–water partition coefficient (Wildman–Crippen LogP) is 4.22. The van der Waals surface area contributed by atoms with Crippen molar-refractivity contribution >= 4 is 23.1 Å². The van der Waals surface area contributed by atoms with Crippen molar-refractivity contribution in [2.45, 2.75) is 12.6 Å². The van der Waals surface area contributed by atoms with E-state index in [-0.39, 0.29) is 29.1 Å². The number of carbonyl (C=O) groups excluding carboxylic acids is 2. The van der Waals surface area contributed by atoms with E-state index in [1.165, 1.54) is 29.2 Å². The van der Waals surface area contributed by atoms with Gasteiger partial charge in [-0.3, -0.25) is 19.7 Å². The van der Waals surface area contributed by atoms with Gasteiger partial charge >= 0.3 is 0 Å². The average Bonchev–Trinajstić information content (AvgIpc) is 3.05. The zero-order valence-corrected chi connectivity index (χ0v) is 16.3. The maximum atomic E-state index is 13.0. The van der Waals surface area contributed by atoms with Crippen LogP contribution in [0.3, 0.4) is 0 Å². The first kappa shape index (κ1) is 20.0. The summed E-state index contributed by atoms with van der Waals surface area (Å²) >= 11 is 0. The standard InChI is InChI=1S/C24H18N2O5/c27-22(18-11-13-19(14-12-18)26(30)31)20-21(17-9-5-2-6-10-17)25(24(29)23(20)28)15-16-7-3-1-4-8-16/h1-14,21,27H,15H2. The summed E-state index contributed by atoms with van der Waals surface area (Å²) in [6, 6.07) is 22.7. The Morgan fingerprint density at radius 1 is 0.903 bits per heavy atom. The summed E-state index contributed by atoms with van der Waals surface area (Å²) in [5.41, 5.74) is 1.58. The number of benzene rings is 3. The number of likely N-dealkylation sites (tertiary alicyclic amines) is 1. The zero-order chi connectivity index (χ0) is 22.0. The number of nitrogens with zero attached hydrogens (tertiary/aromatic N) is 2. The highest BCUT2D eigenvalue weighted by molar-refractivity contribution is 6.46. The van der Waals surface area contributed by atoms with Gasteiger partial charge in [-0.2, -0.15) is 0 Å². The van der Waals surface area contributed by atoms with Crippen LogP contribution >= 0.6 is 0 Å². The molecule has 154 valence electrons. The number of nitro benzene ring substituents is 1. The van der Waals surface area contributed by atoms with Crippen molar-refractivity contribution in [2.75, 3.05) is 0 Å². The van der Waals surface area contributed by atoms with Gasteiger partial charge in [-0.1, -0.05) is 60.7 Å². The number of non-ortho nitro benzene ring substituents is 1. The summed E-state index contributed by atoms with van der Waals surface area (Å²) in [6.45, 7) is 0.196. The van der Waals surface area contributed by atoms with Crippen LogP contribution in [-0.4, -0.2) is 26.6 Å². The molecule has 31 heavy (non-hydrogen) atoms.